The Balaban J connectivity index is 0.892. The number of nitrogens with zero attached hydrogens (tertiary/aromatic N) is 7. The number of anilines is 1. The molecular weight excluding hydrogens is 717 g/mol. The number of amides is 5. The third kappa shape index (κ3) is 6.99. The van der Waals surface area contributed by atoms with Crippen LogP contribution in [0.3, 0.4) is 0 Å². The molecule has 0 saturated carbocycles. The molecule has 7 aliphatic rings. The van der Waals surface area contributed by atoms with Crippen LogP contribution in [0.2, 0.25) is 6.82 Å². The highest BCUT2D eigenvalue weighted by molar-refractivity contribution is 6.36. The van der Waals surface area contributed by atoms with Crippen LogP contribution in [-0.4, -0.2) is 139 Å². The van der Waals surface area contributed by atoms with Crippen LogP contribution in [0.5, 0.6) is 0 Å². The second-order valence-electron chi connectivity index (χ2n) is 14.9. The lowest BCUT2D eigenvalue weighted by Crippen LogP contribution is -2.55. The number of nitrogens with one attached hydrogen (secondary N) is 4. The van der Waals surface area contributed by atoms with E-state index in [1.165, 1.54) is 0 Å². The summed E-state index contributed by atoms with van der Waals surface area (Å²) in [7, 11) is 1.02. The van der Waals surface area contributed by atoms with Crippen molar-refractivity contribution in [1.82, 2.24) is 41.1 Å². The van der Waals surface area contributed by atoms with Crippen LogP contribution in [0.15, 0.2) is 63.0 Å². The Kier molecular flexibility index (Phi) is 10.7. The van der Waals surface area contributed by atoms with E-state index in [9.17, 15) is 24.0 Å². The minimum atomic E-state index is -1.00. The van der Waals surface area contributed by atoms with E-state index in [1.54, 1.807) is 11.0 Å². The van der Waals surface area contributed by atoms with Crippen molar-refractivity contribution in [3.05, 3.63) is 58.6 Å². The van der Waals surface area contributed by atoms with Gasteiger partial charge in [0, 0.05) is 62.1 Å². The molecule has 56 heavy (non-hydrogen) atoms. The van der Waals surface area contributed by atoms with Gasteiger partial charge in [-0.25, -0.2) is 9.98 Å². The van der Waals surface area contributed by atoms with Gasteiger partial charge in [0.25, 0.3) is 11.8 Å². The Morgan fingerprint density at radius 3 is 2.75 bits per heavy atom. The summed E-state index contributed by atoms with van der Waals surface area (Å²) in [5.41, 5.74) is 5.32. The topological polar surface area (TPSA) is 193 Å². The van der Waals surface area contributed by atoms with E-state index in [1.807, 2.05) is 24.3 Å². The van der Waals surface area contributed by atoms with Gasteiger partial charge in [-0.2, -0.15) is 5.10 Å². The van der Waals surface area contributed by atoms with Crippen LogP contribution in [0.25, 0.3) is 0 Å². The molecule has 7 heterocycles. The summed E-state index contributed by atoms with van der Waals surface area (Å²) in [6.45, 7) is 8.61. The maximum absolute atomic E-state index is 14.1. The van der Waals surface area contributed by atoms with Crippen LogP contribution in [0, 0.1) is 5.92 Å². The lowest BCUT2D eigenvalue weighted by Gasteiger charge is -2.31. The fraction of sp³-hybridized carbons (Fsp3) is 0.526. The van der Waals surface area contributed by atoms with Crippen molar-refractivity contribution in [3.63, 3.8) is 0 Å². The Morgan fingerprint density at radius 2 is 1.93 bits per heavy atom. The molecule has 4 N–H and O–H groups in total. The van der Waals surface area contributed by atoms with Crippen molar-refractivity contribution < 1.29 is 28.7 Å². The van der Waals surface area contributed by atoms with Crippen molar-refractivity contribution in [1.29, 1.82) is 0 Å². The summed E-state index contributed by atoms with van der Waals surface area (Å²) < 4.78 is 5.98. The monoisotopic (exact) mass is 765 g/mol. The summed E-state index contributed by atoms with van der Waals surface area (Å²) >= 11 is 0. The van der Waals surface area contributed by atoms with Crippen molar-refractivity contribution in [3.8, 4) is 0 Å². The molecule has 1 aliphatic carbocycles. The first-order valence-corrected chi connectivity index (χ1v) is 19.9. The molecule has 294 valence electrons. The number of rotatable bonds is 13. The third-order valence-corrected chi connectivity index (χ3v) is 11.7. The fourth-order valence-corrected chi connectivity index (χ4v) is 8.79. The Bertz CT molecular complexity index is 1980. The van der Waals surface area contributed by atoms with Gasteiger partial charge in [0.15, 0.2) is 5.84 Å². The number of hydrazone groups is 1. The van der Waals surface area contributed by atoms with Gasteiger partial charge in [-0.15, -0.1) is 0 Å². The van der Waals surface area contributed by atoms with Gasteiger partial charge >= 0.3 is 0 Å². The summed E-state index contributed by atoms with van der Waals surface area (Å²) in [4.78, 5) is 82.2. The number of carbonyl (C=O) groups excluding carboxylic acids is 5. The summed E-state index contributed by atoms with van der Waals surface area (Å²) in [5.74, 6) is 1.06. The number of hydrogen-bond donors (Lipinski definition) is 4. The molecule has 3 fully saturated rings. The highest BCUT2D eigenvalue weighted by Gasteiger charge is 2.48. The molecule has 1 aromatic rings. The summed E-state index contributed by atoms with van der Waals surface area (Å²) in [6, 6.07) is 4.30. The number of aliphatic imine (C=N–C) groups is 1. The number of aromatic nitrogens is 1. The van der Waals surface area contributed by atoms with E-state index in [-0.39, 0.29) is 30.2 Å². The molecule has 8 rings (SSSR count). The number of amidine groups is 2. The number of piperidine rings is 1. The van der Waals surface area contributed by atoms with E-state index < -0.39 is 35.7 Å². The number of likely N-dealkylation sites (tertiary alicyclic amines) is 1. The molecule has 4 atom stereocenters. The maximum Gasteiger partial charge on any atom is 0.262 e. The van der Waals surface area contributed by atoms with E-state index in [0.29, 0.717) is 81.2 Å². The molecule has 0 aromatic carbocycles. The maximum atomic E-state index is 14.1. The van der Waals surface area contributed by atoms with Crippen molar-refractivity contribution in [2.75, 3.05) is 57.5 Å². The standard InChI is InChI=1S/C38H48BN11O6/c1-3-47-21-42-46-34(47)26-9-5-11-29(43-26)49-20-24-23(36(49)53)19-30(48-16-6-10-28(48)39-2)44-33(24)41-15-18-56-17-14-40-25-8-4-7-22-32(25)38(55)50(37(22)54)27-12-13-31(51)45-35(27)52/h4-5,7,9,11,23,25,27-28,39-42H,3,6,8,10,12-21H2,1-2H3,(H,45,51,52). The van der Waals surface area contributed by atoms with Crippen LogP contribution in [-0.2, 0) is 28.7 Å². The van der Waals surface area contributed by atoms with Gasteiger partial charge in [0.1, 0.15) is 43.2 Å². The smallest absolute Gasteiger partial charge is 0.262 e. The average molecular weight is 766 g/mol. The van der Waals surface area contributed by atoms with E-state index >= 15 is 0 Å². The first kappa shape index (κ1) is 37.6. The zero-order valence-electron chi connectivity index (χ0n) is 31.9. The quantitative estimate of drug-likeness (QED) is 0.115. The number of pyridine rings is 1. The second kappa shape index (κ2) is 16.0. The molecule has 6 aliphatic heterocycles. The lowest BCUT2D eigenvalue weighted by molar-refractivity contribution is -0.150. The van der Waals surface area contributed by atoms with Crippen LogP contribution < -0.4 is 26.3 Å². The minimum Gasteiger partial charge on any atom is -0.378 e. The number of carbonyl (C=O) groups is 5. The fourth-order valence-electron chi connectivity index (χ4n) is 8.79. The molecule has 0 bridgehead atoms. The normalized spacial score (nSPS) is 26.2. The highest BCUT2D eigenvalue weighted by atomic mass is 16.5. The van der Waals surface area contributed by atoms with E-state index in [4.69, 9.17) is 14.7 Å². The van der Waals surface area contributed by atoms with Crippen LogP contribution in [0.4, 0.5) is 5.82 Å². The Hall–Kier alpha value is -5.36. The van der Waals surface area contributed by atoms with Crippen molar-refractivity contribution in [2.45, 2.75) is 70.3 Å². The molecule has 1 aromatic heterocycles. The van der Waals surface area contributed by atoms with Gasteiger partial charge < -0.3 is 25.2 Å². The second-order valence-corrected chi connectivity index (χ2v) is 14.9. The van der Waals surface area contributed by atoms with Crippen LogP contribution in [0.1, 0.15) is 51.1 Å². The Labute approximate surface area is 325 Å². The SMILES string of the molecule is CBC1CCCN1C1=NC(NCCOCCNC2CC=CC3=C2C(=O)N(C2CCC(=O)NC2=O)C3=O)=C2CN(c3cccc(C4=NNCN4CC)n3)C(=O)C2C1. The largest absolute Gasteiger partial charge is 0.378 e. The van der Waals surface area contributed by atoms with Gasteiger partial charge in [-0.3, -0.25) is 44.5 Å². The third-order valence-electron chi connectivity index (χ3n) is 11.7. The number of hydrogen-bond acceptors (Lipinski definition) is 14. The zero-order chi connectivity index (χ0) is 38.9. The number of imide groups is 2. The first-order valence-electron chi connectivity index (χ1n) is 19.9. The van der Waals surface area contributed by atoms with Crippen molar-refractivity contribution >= 4 is 54.3 Å². The predicted octanol–water partition coefficient (Wildman–Crippen LogP) is -0.496. The lowest BCUT2D eigenvalue weighted by atomic mass is 9.71. The molecule has 3 saturated heterocycles. The van der Waals surface area contributed by atoms with Gasteiger partial charge in [-0.05, 0) is 44.7 Å². The van der Waals surface area contributed by atoms with Gasteiger partial charge in [0.2, 0.25) is 17.7 Å². The summed E-state index contributed by atoms with van der Waals surface area (Å²) in [6.07, 6.45) is 6.95. The van der Waals surface area contributed by atoms with E-state index in [2.05, 4.69) is 50.0 Å². The van der Waals surface area contributed by atoms with Gasteiger partial charge in [0.05, 0.1) is 31.2 Å². The zero-order valence-corrected chi connectivity index (χ0v) is 31.9. The number of ether oxygens (including phenoxy) is 1. The molecule has 0 radical (unpaired) electrons. The molecule has 5 amide bonds. The average Bonchev–Trinajstić information content (AvgIpc) is 4.01. The van der Waals surface area contributed by atoms with Crippen molar-refractivity contribution in [2.24, 2.45) is 16.0 Å². The molecule has 17 nitrogen and oxygen atoms in total. The first-order chi connectivity index (χ1) is 27.3. The van der Waals surface area contributed by atoms with Gasteiger partial charge in [-0.1, -0.05) is 25.0 Å². The van der Waals surface area contributed by atoms with E-state index in [0.717, 1.165) is 55.4 Å². The molecule has 0 spiro atoms. The summed E-state index contributed by atoms with van der Waals surface area (Å²) in [5, 5.41) is 13.5. The number of fused-ring (bicyclic) bond motifs is 1. The molecule has 18 heteroatoms. The predicted molar refractivity (Wildman–Crippen MR) is 208 cm³/mol. The minimum absolute atomic E-state index is 0.0169. The van der Waals surface area contributed by atoms with Crippen LogP contribution >= 0.6 is 0 Å². The highest BCUT2D eigenvalue weighted by Crippen LogP contribution is 2.37. The Morgan fingerprint density at radius 1 is 1.07 bits per heavy atom. The molecule has 4 unspecified atom stereocenters. The molecular formula is C38H48BN11O6.